The zero-order valence-corrected chi connectivity index (χ0v) is 24.5. The number of phosphoric acid groups is 1. The minimum Gasteiger partial charge on any atom is -0.386 e. The Bertz CT molecular complexity index is 1890. The second-order valence-electron chi connectivity index (χ2n) is 9.92. The number of nitrogens with zero attached hydrogens (tertiary/aromatic N) is 7. The SMILES string of the molecule is Nc1ncnc2c1ncn2C1OC2COP(O)(=S)O[C@@H]3C(COP(=O)(O)O[C@H]2[C@H]1O)OC(n1cnc2c(=O)[nH]cnc21)[C@@H]3O. The van der Waals surface area contributed by atoms with Gasteiger partial charge in [-0.3, -0.25) is 27.5 Å². The molecule has 7 N–H and O–H groups in total. The van der Waals surface area contributed by atoms with Crippen LogP contribution in [-0.2, 0) is 43.9 Å². The summed E-state index contributed by atoms with van der Waals surface area (Å²) in [5.74, 6) is 0.0713. The highest BCUT2D eigenvalue weighted by Gasteiger charge is 2.53. The summed E-state index contributed by atoms with van der Waals surface area (Å²) in [4.78, 5) is 56.2. The van der Waals surface area contributed by atoms with Crippen molar-refractivity contribution in [2.24, 2.45) is 0 Å². The molecule has 24 heteroatoms. The largest absolute Gasteiger partial charge is 0.472 e. The number of aromatic amines is 1. The molecule has 3 aliphatic rings. The molecule has 0 radical (unpaired) electrons. The van der Waals surface area contributed by atoms with Crippen molar-refractivity contribution in [3.63, 3.8) is 0 Å². The number of aliphatic hydroxyl groups excluding tert-OH is 2. The van der Waals surface area contributed by atoms with Crippen LogP contribution in [0.1, 0.15) is 12.5 Å². The van der Waals surface area contributed by atoms with Crippen molar-refractivity contribution in [3.8, 4) is 0 Å². The predicted octanol–water partition coefficient (Wildman–Crippen LogP) is -1.81. The van der Waals surface area contributed by atoms with E-state index < -0.39 is 82.4 Å². The van der Waals surface area contributed by atoms with Gasteiger partial charge in [0.15, 0.2) is 35.1 Å². The number of anilines is 1. The van der Waals surface area contributed by atoms with Gasteiger partial charge < -0.3 is 44.7 Å². The number of H-pyrrole nitrogens is 1. The maximum atomic E-state index is 13.1. The summed E-state index contributed by atoms with van der Waals surface area (Å²) in [5, 5.41) is 22.3. The highest BCUT2D eigenvalue weighted by Crippen LogP contribution is 2.53. The molecule has 4 aromatic heterocycles. The van der Waals surface area contributed by atoms with Gasteiger partial charge in [0.05, 0.1) is 32.2 Å². The molecule has 236 valence electrons. The molecule has 7 heterocycles. The number of rotatable bonds is 2. The Morgan fingerprint density at radius 2 is 1.48 bits per heavy atom. The average molecular weight is 675 g/mol. The van der Waals surface area contributed by atoms with Crippen molar-refractivity contribution in [2.45, 2.75) is 49.1 Å². The molecule has 10 atom stereocenters. The molecule has 3 aliphatic heterocycles. The van der Waals surface area contributed by atoms with Gasteiger partial charge in [0.2, 0.25) is 0 Å². The Hall–Kier alpha value is -2.82. The van der Waals surface area contributed by atoms with Crippen LogP contribution in [0.25, 0.3) is 22.3 Å². The van der Waals surface area contributed by atoms with Gasteiger partial charge in [0.25, 0.3) is 5.56 Å². The second-order valence-corrected chi connectivity index (χ2v) is 14.1. The lowest BCUT2D eigenvalue weighted by atomic mass is 10.1. The molecule has 7 rings (SSSR count). The fourth-order valence-electron chi connectivity index (χ4n) is 5.24. The fourth-order valence-corrected chi connectivity index (χ4v) is 7.65. The van der Waals surface area contributed by atoms with Crippen LogP contribution < -0.4 is 11.3 Å². The lowest BCUT2D eigenvalue weighted by Gasteiger charge is -2.29. The molecule has 21 nitrogen and oxygen atoms in total. The molecule has 3 fully saturated rings. The maximum absolute atomic E-state index is 13.1. The average Bonchev–Trinajstić information content (AvgIpc) is 3.73. The highest BCUT2D eigenvalue weighted by atomic mass is 32.5. The van der Waals surface area contributed by atoms with E-state index in [1.165, 1.54) is 28.1 Å². The quantitative estimate of drug-likeness (QED) is 0.128. The number of aromatic nitrogens is 8. The molecule has 0 aliphatic carbocycles. The number of aliphatic hydroxyl groups is 2. The van der Waals surface area contributed by atoms with Crippen LogP contribution in [0.3, 0.4) is 0 Å². The third-order valence-corrected chi connectivity index (χ3v) is 9.78. The summed E-state index contributed by atoms with van der Waals surface area (Å²) in [6.07, 6.45) is -6.65. The van der Waals surface area contributed by atoms with Crippen molar-refractivity contribution >= 4 is 54.5 Å². The first-order valence-corrected chi connectivity index (χ1v) is 16.8. The number of phosphoric ester groups is 1. The molecular formula is C20H23N9O12P2S. The van der Waals surface area contributed by atoms with Crippen molar-refractivity contribution in [3.05, 3.63) is 35.7 Å². The minimum absolute atomic E-state index is 0.0433. The van der Waals surface area contributed by atoms with E-state index in [1.54, 1.807) is 0 Å². The van der Waals surface area contributed by atoms with E-state index in [0.29, 0.717) is 0 Å². The first-order valence-electron chi connectivity index (χ1n) is 12.7. The van der Waals surface area contributed by atoms with Gasteiger partial charge in [-0.15, -0.1) is 0 Å². The summed E-state index contributed by atoms with van der Waals surface area (Å²) in [6.45, 7) is -5.51. The Balaban J connectivity index is 1.17. The number of hydrogen-bond acceptors (Lipinski definition) is 17. The molecule has 0 amide bonds. The Morgan fingerprint density at radius 3 is 2.16 bits per heavy atom. The molecule has 44 heavy (non-hydrogen) atoms. The third kappa shape index (κ3) is 5.16. The highest BCUT2D eigenvalue weighted by molar-refractivity contribution is 8.07. The number of hydrogen-bond donors (Lipinski definition) is 6. The predicted molar refractivity (Wildman–Crippen MR) is 146 cm³/mol. The van der Waals surface area contributed by atoms with E-state index in [0.717, 1.165) is 6.33 Å². The zero-order valence-electron chi connectivity index (χ0n) is 21.9. The summed E-state index contributed by atoms with van der Waals surface area (Å²) in [7, 11) is -4.97. The van der Waals surface area contributed by atoms with Gasteiger partial charge in [-0.05, 0) is 11.8 Å². The van der Waals surface area contributed by atoms with Crippen molar-refractivity contribution in [1.29, 1.82) is 0 Å². The molecule has 0 spiro atoms. The zero-order chi connectivity index (χ0) is 31.0. The van der Waals surface area contributed by atoms with Crippen LogP contribution in [0.5, 0.6) is 0 Å². The van der Waals surface area contributed by atoms with E-state index in [9.17, 15) is 29.4 Å². The van der Waals surface area contributed by atoms with Crippen molar-refractivity contribution in [2.75, 3.05) is 18.9 Å². The number of ether oxygens (including phenoxy) is 2. The Kier molecular flexibility index (Phi) is 7.41. The van der Waals surface area contributed by atoms with E-state index in [2.05, 4.69) is 29.9 Å². The van der Waals surface area contributed by atoms with Gasteiger partial charge in [-0.25, -0.2) is 29.5 Å². The number of nitrogens with two attached hydrogens (primary N) is 1. The lowest BCUT2D eigenvalue weighted by Crippen LogP contribution is -2.39. The molecule has 0 saturated carbocycles. The summed E-state index contributed by atoms with van der Waals surface area (Å²) < 4.78 is 49.1. The normalized spacial score (nSPS) is 38.3. The van der Waals surface area contributed by atoms with E-state index >= 15 is 0 Å². The first kappa shape index (κ1) is 29.9. The van der Waals surface area contributed by atoms with Crippen molar-refractivity contribution in [1.82, 2.24) is 39.0 Å². The third-order valence-electron chi connectivity index (χ3n) is 7.23. The monoisotopic (exact) mass is 675 g/mol. The van der Waals surface area contributed by atoms with Gasteiger partial charge in [-0.1, -0.05) is 0 Å². The molecule has 0 bridgehead atoms. The van der Waals surface area contributed by atoms with Crippen LogP contribution in [0.15, 0.2) is 30.1 Å². The first-order chi connectivity index (χ1) is 20.9. The number of nitrogens with one attached hydrogen (secondary N) is 1. The maximum Gasteiger partial charge on any atom is 0.472 e. The fraction of sp³-hybridized carbons (Fsp3) is 0.500. The van der Waals surface area contributed by atoms with Crippen LogP contribution in [0, 0.1) is 0 Å². The van der Waals surface area contributed by atoms with E-state index in [-0.39, 0.29) is 28.1 Å². The summed E-state index contributed by atoms with van der Waals surface area (Å²) >= 11 is 5.18. The Morgan fingerprint density at radius 1 is 0.886 bits per heavy atom. The smallest absolute Gasteiger partial charge is 0.386 e. The van der Waals surface area contributed by atoms with Gasteiger partial charge in [-0.2, -0.15) is 0 Å². The van der Waals surface area contributed by atoms with E-state index in [1.807, 2.05) is 0 Å². The number of fused-ring (bicyclic) bond motifs is 4. The number of imidazole rings is 2. The van der Waals surface area contributed by atoms with Gasteiger partial charge >= 0.3 is 14.5 Å². The van der Waals surface area contributed by atoms with Crippen LogP contribution in [0.2, 0.25) is 0 Å². The topological polar surface area (TPSA) is 287 Å². The second kappa shape index (κ2) is 10.9. The van der Waals surface area contributed by atoms with Crippen LogP contribution in [0.4, 0.5) is 5.82 Å². The van der Waals surface area contributed by atoms with Crippen molar-refractivity contribution < 1.29 is 52.1 Å². The lowest BCUT2D eigenvalue weighted by molar-refractivity contribution is -0.0629. The Labute approximate surface area is 249 Å². The van der Waals surface area contributed by atoms with Gasteiger partial charge in [0.1, 0.15) is 48.5 Å². The molecule has 0 aromatic carbocycles. The summed E-state index contributed by atoms with van der Waals surface area (Å²) in [5.41, 5.74) is 5.73. The van der Waals surface area contributed by atoms with Crippen LogP contribution >= 0.6 is 14.5 Å². The van der Waals surface area contributed by atoms with Crippen LogP contribution in [-0.4, -0.2) is 109 Å². The molecule has 6 unspecified atom stereocenters. The standard InChI is InChI=1S/C20H23N9O12P2S/c21-15-9-16(23-3-22-15)28(5-26-9)19-11(30)13-8(39-19)2-37-43(35,44)41-14-7(1-36-42(33,34)40-13)38-20(12(14)31)29-6-27-10-17(29)24-4-25-18(10)32/h3-8,11-14,19-20,30-31H,1-2H2,(H,33,34)(H,35,44)(H2,21,22,23)(H,24,25,32)/t7?,8?,11-,12-,13-,14-,19?,20?,43?/m1/s1. The number of nitrogen functional groups attached to an aromatic ring is 1. The molecule has 4 aromatic rings. The minimum atomic E-state index is -4.97. The molecule has 3 saturated heterocycles. The molecular weight excluding hydrogens is 652 g/mol. The summed E-state index contributed by atoms with van der Waals surface area (Å²) in [6, 6.07) is 0. The van der Waals surface area contributed by atoms with Gasteiger partial charge in [0, 0.05) is 0 Å². The van der Waals surface area contributed by atoms with E-state index in [4.69, 9.17) is 45.1 Å².